The molecule has 1 heterocycles. The number of ether oxygens (including phenoxy) is 1. The van der Waals surface area contributed by atoms with Crippen molar-refractivity contribution in [2.45, 2.75) is 6.61 Å². The fourth-order valence-electron chi connectivity index (χ4n) is 1.21. The summed E-state index contributed by atoms with van der Waals surface area (Å²) < 4.78 is 5.39. The van der Waals surface area contributed by atoms with Crippen LogP contribution in [-0.2, 0) is 11.3 Å². The van der Waals surface area contributed by atoms with E-state index in [0.29, 0.717) is 6.61 Å². The van der Waals surface area contributed by atoms with E-state index < -0.39 is 0 Å². The van der Waals surface area contributed by atoms with E-state index in [0.717, 1.165) is 5.76 Å². The van der Waals surface area contributed by atoms with Crippen molar-refractivity contribution in [3.63, 3.8) is 0 Å². The molecule has 0 saturated heterocycles. The molecular formula is C9H7BrO. The number of benzene rings is 1. The number of halogens is 1. The Morgan fingerprint density at radius 1 is 1.36 bits per heavy atom. The summed E-state index contributed by atoms with van der Waals surface area (Å²) in [6.45, 7) is 0.702. The van der Waals surface area contributed by atoms with Gasteiger partial charge in [-0.15, -0.1) is 0 Å². The maximum Gasteiger partial charge on any atom is 0.134 e. The largest absolute Gasteiger partial charge is 0.488 e. The summed E-state index contributed by atoms with van der Waals surface area (Å²) in [6.07, 6.45) is 0. The molecule has 0 amide bonds. The zero-order valence-corrected chi connectivity index (χ0v) is 7.47. The van der Waals surface area contributed by atoms with Crippen molar-refractivity contribution in [3.05, 3.63) is 40.4 Å². The highest BCUT2D eigenvalue weighted by Crippen LogP contribution is 2.29. The van der Waals surface area contributed by atoms with Crippen LogP contribution in [0.5, 0.6) is 0 Å². The van der Waals surface area contributed by atoms with Gasteiger partial charge in [0.25, 0.3) is 0 Å². The van der Waals surface area contributed by atoms with Crippen molar-refractivity contribution in [1.82, 2.24) is 0 Å². The molecule has 0 radical (unpaired) electrons. The third kappa shape index (κ3) is 1.07. The number of hydrogen-bond donors (Lipinski definition) is 0. The lowest BCUT2D eigenvalue weighted by molar-refractivity contribution is 0.286. The molecule has 0 N–H and O–H groups in total. The second kappa shape index (κ2) is 2.70. The molecule has 1 aromatic carbocycles. The van der Waals surface area contributed by atoms with E-state index in [2.05, 4.69) is 28.1 Å². The fraction of sp³-hybridized carbons (Fsp3) is 0.111. The smallest absolute Gasteiger partial charge is 0.134 e. The minimum Gasteiger partial charge on any atom is -0.488 e. The Morgan fingerprint density at radius 3 is 3.00 bits per heavy atom. The molecule has 11 heavy (non-hydrogen) atoms. The predicted molar refractivity (Wildman–Crippen MR) is 48.1 cm³/mol. The van der Waals surface area contributed by atoms with Crippen molar-refractivity contribution in [3.8, 4) is 0 Å². The first-order valence-corrected chi connectivity index (χ1v) is 4.35. The van der Waals surface area contributed by atoms with Gasteiger partial charge >= 0.3 is 0 Å². The molecule has 0 fully saturated rings. The van der Waals surface area contributed by atoms with Crippen LogP contribution in [0, 0.1) is 0 Å². The zero-order chi connectivity index (χ0) is 7.68. The molecule has 1 aliphatic rings. The zero-order valence-electron chi connectivity index (χ0n) is 5.88. The molecule has 0 unspecified atom stereocenters. The molecule has 1 nitrogen and oxygen atoms in total. The molecular weight excluding hydrogens is 204 g/mol. The Morgan fingerprint density at radius 2 is 2.18 bits per heavy atom. The highest BCUT2D eigenvalue weighted by Gasteiger charge is 2.15. The van der Waals surface area contributed by atoms with E-state index in [9.17, 15) is 0 Å². The average Bonchev–Trinajstić information content (AvgIpc) is 2.47. The van der Waals surface area contributed by atoms with Gasteiger partial charge in [0.05, 0.1) is 0 Å². The van der Waals surface area contributed by atoms with Crippen molar-refractivity contribution in [2.24, 2.45) is 0 Å². The number of fused-ring (bicyclic) bond motifs is 1. The Bertz CT molecular complexity index is 304. The van der Waals surface area contributed by atoms with Crippen LogP contribution < -0.4 is 0 Å². The van der Waals surface area contributed by atoms with Crippen molar-refractivity contribution < 1.29 is 4.74 Å². The fourth-order valence-corrected chi connectivity index (χ4v) is 1.59. The summed E-state index contributed by atoms with van der Waals surface area (Å²) in [4.78, 5) is 1.82. The quantitative estimate of drug-likeness (QED) is 0.641. The van der Waals surface area contributed by atoms with Crippen LogP contribution in [0.2, 0.25) is 0 Å². The number of rotatable bonds is 0. The van der Waals surface area contributed by atoms with Crippen molar-refractivity contribution in [1.29, 1.82) is 0 Å². The first-order valence-electron chi connectivity index (χ1n) is 3.43. The first-order chi connectivity index (χ1) is 5.42. The molecule has 0 atom stereocenters. The summed E-state index contributed by atoms with van der Waals surface area (Å²) in [5.41, 5.74) is 2.46. The van der Waals surface area contributed by atoms with E-state index >= 15 is 0 Å². The standard InChI is InChI=1S/C9H7BrO/c10-5-9-8-4-2-1-3-7(8)6-11-9/h1-5H,6H2/b9-5-. The molecule has 2 rings (SSSR count). The Hall–Kier alpha value is -0.760. The van der Waals surface area contributed by atoms with Crippen molar-refractivity contribution in [2.75, 3.05) is 0 Å². The van der Waals surface area contributed by atoms with Gasteiger partial charge in [0.1, 0.15) is 12.4 Å². The molecule has 1 aliphatic heterocycles. The molecule has 56 valence electrons. The lowest BCUT2D eigenvalue weighted by Crippen LogP contribution is -1.77. The van der Waals surface area contributed by atoms with Crippen LogP contribution in [0.3, 0.4) is 0 Å². The Labute approximate surface area is 73.8 Å². The van der Waals surface area contributed by atoms with Gasteiger partial charge in [-0.2, -0.15) is 0 Å². The highest BCUT2D eigenvalue weighted by molar-refractivity contribution is 9.11. The van der Waals surface area contributed by atoms with E-state index in [1.807, 2.05) is 17.1 Å². The normalized spacial score (nSPS) is 18.1. The third-order valence-electron chi connectivity index (χ3n) is 1.77. The van der Waals surface area contributed by atoms with Crippen LogP contribution in [0.25, 0.3) is 5.76 Å². The highest BCUT2D eigenvalue weighted by atomic mass is 79.9. The van der Waals surface area contributed by atoms with Gasteiger partial charge in [-0.25, -0.2) is 0 Å². The van der Waals surface area contributed by atoms with E-state index in [4.69, 9.17) is 4.74 Å². The van der Waals surface area contributed by atoms with Gasteiger partial charge in [-0.05, 0) is 0 Å². The lowest BCUT2D eigenvalue weighted by atomic mass is 10.1. The summed E-state index contributed by atoms with van der Waals surface area (Å²) in [5, 5.41) is 0. The van der Waals surface area contributed by atoms with Crippen LogP contribution in [0.1, 0.15) is 11.1 Å². The third-order valence-corrected chi connectivity index (χ3v) is 2.18. The molecule has 0 aliphatic carbocycles. The minimum absolute atomic E-state index is 0.702. The number of hydrogen-bond acceptors (Lipinski definition) is 1. The molecule has 2 heteroatoms. The summed E-state index contributed by atoms with van der Waals surface area (Å²) in [7, 11) is 0. The predicted octanol–water partition coefficient (Wildman–Crippen LogP) is 2.91. The molecule has 0 spiro atoms. The summed E-state index contributed by atoms with van der Waals surface area (Å²) in [6, 6.07) is 8.19. The SMILES string of the molecule is Br/C=C1\OCc2ccccc21. The van der Waals surface area contributed by atoms with Gasteiger partial charge in [-0.1, -0.05) is 40.2 Å². The Balaban J connectivity index is 2.55. The van der Waals surface area contributed by atoms with Gasteiger partial charge in [0, 0.05) is 16.1 Å². The maximum absolute atomic E-state index is 5.39. The van der Waals surface area contributed by atoms with E-state index in [-0.39, 0.29) is 0 Å². The molecule has 0 aromatic heterocycles. The summed E-state index contributed by atoms with van der Waals surface area (Å²) >= 11 is 3.26. The maximum atomic E-state index is 5.39. The molecule has 0 saturated carbocycles. The second-order valence-electron chi connectivity index (χ2n) is 2.42. The Kier molecular flexibility index (Phi) is 1.70. The second-order valence-corrected chi connectivity index (χ2v) is 2.88. The van der Waals surface area contributed by atoms with Crippen LogP contribution in [0.4, 0.5) is 0 Å². The average molecular weight is 211 g/mol. The van der Waals surface area contributed by atoms with Gasteiger partial charge in [0.15, 0.2) is 0 Å². The van der Waals surface area contributed by atoms with E-state index in [1.165, 1.54) is 11.1 Å². The molecule has 1 aromatic rings. The topological polar surface area (TPSA) is 9.23 Å². The first kappa shape index (κ1) is 6.92. The van der Waals surface area contributed by atoms with Crippen LogP contribution in [-0.4, -0.2) is 0 Å². The lowest BCUT2D eigenvalue weighted by Gasteiger charge is -1.94. The van der Waals surface area contributed by atoms with Gasteiger partial charge < -0.3 is 4.74 Å². The van der Waals surface area contributed by atoms with Crippen molar-refractivity contribution >= 4 is 21.7 Å². The van der Waals surface area contributed by atoms with Gasteiger partial charge in [0.2, 0.25) is 0 Å². The van der Waals surface area contributed by atoms with Crippen LogP contribution >= 0.6 is 15.9 Å². The van der Waals surface area contributed by atoms with Gasteiger partial charge in [-0.3, -0.25) is 0 Å². The monoisotopic (exact) mass is 210 g/mol. The van der Waals surface area contributed by atoms with Crippen LogP contribution in [0.15, 0.2) is 29.3 Å². The summed E-state index contributed by atoms with van der Waals surface area (Å²) in [5.74, 6) is 0.931. The van der Waals surface area contributed by atoms with E-state index in [1.54, 1.807) is 0 Å². The minimum atomic E-state index is 0.702. The molecule has 0 bridgehead atoms.